The Morgan fingerprint density at radius 3 is 0.934 bits per heavy atom. The molecule has 0 saturated carbocycles. The minimum Gasteiger partial charge on any atom is -0.463 e. The van der Waals surface area contributed by atoms with Crippen LogP contribution in [0.5, 0.6) is 0 Å². The summed E-state index contributed by atoms with van der Waals surface area (Å²) in [7, 11) is -9.80. The quantitative estimate of drug-likeness (QED) is 0.0146. The first-order chi connectivity index (χ1) is 44.2. The number of hydrogen-bond acceptors (Lipinski definition) is 14. The van der Waals surface area contributed by atoms with Crippen LogP contribution >= 0.6 is 15.6 Å². The molecular weight excluding hydrogens is 1190 g/mol. The summed E-state index contributed by atoms with van der Waals surface area (Å²) in [4.78, 5) is 58.4. The molecule has 5 atom stereocenters. The number of phosphoric ester groups is 2. The average Bonchev–Trinajstić information content (AvgIpc) is 3.02. The molecular formula is C73H122O16P2. The Hall–Kier alpha value is -4.31. The third-order valence-electron chi connectivity index (χ3n) is 13.8. The summed E-state index contributed by atoms with van der Waals surface area (Å²) in [6.07, 6.45) is 76.3. The van der Waals surface area contributed by atoms with Crippen molar-refractivity contribution in [3.8, 4) is 0 Å². The number of carbonyl (C=O) groups is 3. The molecule has 0 saturated heterocycles. The monoisotopic (exact) mass is 1320 g/mol. The summed E-state index contributed by atoms with van der Waals surface area (Å²) in [6, 6.07) is 0. The normalized spacial score (nSPS) is 15.0. The van der Waals surface area contributed by atoms with Crippen molar-refractivity contribution in [2.75, 3.05) is 39.6 Å². The maximum atomic E-state index is 12.9. The van der Waals surface area contributed by atoms with Crippen molar-refractivity contribution in [2.45, 2.75) is 270 Å². The molecule has 0 radical (unpaired) electrons. The van der Waals surface area contributed by atoms with E-state index in [1.165, 1.54) is 19.3 Å². The van der Waals surface area contributed by atoms with Crippen LogP contribution in [0.4, 0.5) is 0 Å². The molecule has 0 aliphatic heterocycles. The van der Waals surface area contributed by atoms with E-state index >= 15 is 0 Å². The molecule has 0 spiro atoms. The second kappa shape index (κ2) is 65.7. The molecule has 91 heavy (non-hydrogen) atoms. The topological polar surface area (TPSA) is 231 Å². The molecule has 0 heterocycles. The second-order valence-electron chi connectivity index (χ2n) is 22.6. The number of esters is 3. The minimum absolute atomic E-state index is 0.0855. The minimum atomic E-state index is -4.94. The van der Waals surface area contributed by atoms with E-state index in [1.54, 1.807) is 0 Å². The number of aliphatic hydroxyl groups excluding tert-OH is 2. The summed E-state index contributed by atoms with van der Waals surface area (Å²) in [5, 5.41) is 20.5. The second-order valence-corrected chi connectivity index (χ2v) is 25.5. The number of ether oxygens (including phenoxy) is 3. The zero-order valence-corrected chi connectivity index (χ0v) is 58.0. The number of allylic oxidation sites excluding steroid dienone is 22. The maximum absolute atomic E-state index is 12.9. The van der Waals surface area contributed by atoms with Crippen LogP contribution in [0.15, 0.2) is 134 Å². The van der Waals surface area contributed by atoms with E-state index in [1.807, 2.05) is 0 Å². The Balaban J connectivity index is 4.77. The smallest absolute Gasteiger partial charge is 0.463 e. The molecule has 0 rings (SSSR count). The van der Waals surface area contributed by atoms with Gasteiger partial charge in [0.25, 0.3) is 0 Å². The molecule has 4 N–H and O–H groups in total. The van der Waals surface area contributed by atoms with E-state index in [-0.39, 0.29) is 19.3 Å². The fourth-order valence-electron chi connectivity index (χ4n) is 8.62. The van der Waals surface area contributed by atoms with Crippen molar-refractivity contribution in [1.82, 2.24) is 0 Å². The average molecular weight is 1320 g/mol. The lowest BCUT2D eigenvalue weighted by Crippen LogP contribution is -2.30. The van der Waals surface area contributed by atoms with Gasteiger partial charge in [-0.1, -0.05) is 231 Å². The lowest BCUT2D eigenvalue weighted by atomic mass is 10.1. The van der Waals surface area contributed by atoms with Gasteiger partial charge in [-0.05, 0) is 135 Å². The highest BCUT2D eigenvalue weighted by atomic mass is 31.2. The van der Waals surface area contributed by atoms with Crippen molar-refractivity contribution in [3.63, 3.8) is 0 Å². The SMILES string of the molecule is CC/C=C\C/C=C\C/C=C\C/C=C\C/C=C\CCCCCC(=O)OCC(O)COP(=O)(O)OCC(O)COP(=O)(O)OCC(COC(=O)CCCCCCCC/C=C\C/C=C\C/C=C\CCCCC)OC(=O)CCCCCCCCC/C=C\C/C=C\C/C=C\CC. The molecule has 0 aromatic carbocycles. The van der Waals surface area contributed by atoms with Gasteiger partial charge in [0.05, 0.1) is 26.4 Å². The van der Waals surface area contributed by atoms with Gasteiger partial charge in [0.1, 0.15) is 25.4 Å². The highest BCUT2D eigenvalue weighted by molar-refractivity contribution is 7.47. The molecule has 0 aromatic rings. The van der Waals surface area contributed by atoms with Crippen molar-refractivity contribution in [1.29, 1.82) is 0 Å². The van der Waals surface area contributed by atoms with Gasteiger partial charge in [-0.2, -0.15) is 0 Å². The van der Waals surface area contributed by atoms with Gasteiger partial charge in [0.15, 0.2) is 6.10 Å². The number of carbonyl (C=O) groups excluding carboxylic acids is 3. The molecule has 0 aliphatic rings. The van der Waals surface area contributed by atoms with E-state index in [9.17, 15) is 43.5 Å². The third kappa shape index (κ3) is 66.9. The van der Waals surface area contributed by atoms with E-state index in [0.29, 0.717) is 19.3 Å². The Labute approximate surface area is 550 Å². The number of rotatable bonds is 64. The Morgan fingerprint density at radius 1 is 0.319 bits per heavy atom. The first-order valence-electron chi connectivity index (χ1n) is 34.5. The highest BCUT2D eigenvalue weighted by Gasteiger charge is 2.29. The van der Waals surface area contributed by atoms with Gasteiger partial charge >= 0.3 is 33.6 Å². The zero-order valence-electron chi connectivity index (χ0n) is 56.2. The third-order valence-corrected chi connectivity index (χ3v) is 15.7. The van der Waals surface area contributed by atoms with Crippen molar-refractivity contribution in [3.05, 3.63) is 134 Å². The molecule has 0 aliphatic carbocycles. The summed E-state index contributed by atoms with van der Waals surface area (Å²) in [6.45, 7) is 2.34. The van der Waals surface area contributed by atoms with E-state index < -0.39 is 91.5 Å². The predicted molar refractivity (Wildman–Crippen MR) is 371 cm³/mol. The molecule has 520 valence electrons. The van der Waals surface area contributed by atoms with Gasteiger partial charge in [-0.25, -0.2) is 9.13 Å². The number of hydrogen-bond donors (Lipinski definition) is 4. The zero-order chi connectivity index (χ0) is 66.7. The summed E-state index contributed by atoms with van der Waals surface area (Å²) >= 11 is 0. The first-order valence-corrected chi connectivity index (χ1v) is 37.5. The lowest BCUT2D eigenvalue weighted by Gasteiger charge is -2.21. The molecule has 16 nitrogen and oxygen atoms in total. The molecule has 0 amide bonds. The van der Waals surface area contributed by atoms with Crippen LogP contribution in [0.2, 0.25) is 0 Å². The summed E-state index contributed by atoms with van der Waals surface area (Å²) < 4.78 is 60.9. The van der Waals surface area contributed by atoms with Crippen LogP contribution in [-0.4, -0.2) is 95.9 Å². The predicted octanol–water partition coefficient (Wildman–Crippen LogP) is 19.2. The molecule has 18 heteroatoms. The van der Waals surface area contributed by atoms with Crippen LogP contribution in [0.3, 0.4) is 0 Å². The Kier molecular flexibility index (Phi) is 62.6. The van der Waals surface area contributed by atoms with Gasteiger partial charge in [-0.15, -0.1) is 0 Å². The van der Waals surface area contributed by atoms with Gasteiger partial charge in [0, 0.05) is 19.3 Å². The summed E-state index contributed by atoms with van der Waals surface area (Å²) in [5.41, 5.74) is 0. The van der Waals surface area contributed by atoms with Crippen LogP contribution < -0.4 is 0 Å². The first kappa shape index (κ1) is 86.7. The molecule has 0 aromatic heterocycles. The molecule has 0 bridgehead atoms. The van der Waals surface area contributed by atoms with Gasteiger partial charge < -0.3 is 34.2 Å². The van der Waals surface area contributed by atoms with E-state index in [4.69, 9.17) is 32.3 Å². The van der Waals surface area contributed by atoms with Crippen molar-refractivity contribution in [2.24, 2.45) is 0 Å². The number of unbranched alkanes of at least 4 members (excludes halogenated alkanes) is 19. The fraction of sp³-hybridized carbons (Fsp3) is 0.658. The van der Waals surface area contributed by atoms with Crippen LogP contribution in [0.1, 0.15) is 252 Å². The van der Waals surface area contributed by atoms with Gasteiger partial charge in [-0.3, -0.25) is 32.5 Å². The van der Waals surface area contributed by atoms with Crippen LogP contribution in [0.25, 0.3) is 0 Å². The summed E-state index contributed by atoms with van der Waals surface area (Å²) in [5.74, 6) is -1.64. The maximum Gasteiger partial charge on any atom is 0.472 e. The van der Waals surface area contributed by atoms with E-state index in [0.717, 1.165) is 173 Å². The standard InChI is InChI=1S/C73H122O16P2/c1-4-7-10-13-16-19-22-25-28-31-33-36-38-41-44-47-50-53-56-59-71(76)83-62-68(74)63-85-90(79,80)86-64-69(75)65-87-91(81,82)88-67-70(89-73(78)61-58-55-52-49-46-43-40-35-30-27-24-21-18-15-12-9-6-3)66-84-72(77)60-57-54-51-48-45-42-39-37-34-32-29-26-23-20-17-14-11-8-5-2/h7,9-10,12,16-21,25-30,33-34,36-37,41,44,68-70,74-75H,4-6,8,11,13-15,22-24,31-32,35,38-40,42-43,45-67H2,1-3H3,(H,79,80)(H,81,82)/b10-7-,12-9-,19-16-,20-17-,21-18-,28-25-,29-26-,30-27-,36-33-,37-34-,44-41-. The number of aliphatic hydroxyl groups is 2. The fourth-order valence-corrected chi connectivity index (χ4v) is 10.2. The van der Waals surface area contributed by atoms with Gasteiger partial charge in [0.2, 0.25) is 0 Å². The lowest BCUT2D eigenvalue weighted by molar-refractivity contribution is -0.161. The Bertz CT molecular complexity index is 2190. The van der Waals surface area contributed by atoms with E-state index in [2.05, 4.69) is 154 Å². The van der Waals surface area contributed by atoms with Crippen LogP contribution in [-0.2, 0) is 55.8 Å². The number of phosphoric acid groups is 2. The molecule has 0 fully saturated rings. The molecule has 5 unspecified atom stereocenters. The highest BCUT2D eigenvalue weighted by Crippen LogP contribution is 2.45. The van der Waals surface area contributed by atoms with Crippen molar-refractivity contribution >= 4 is 33.6 Å². The van der Waals surface area contributed by atoms with Crippen molar-refractivity contribution < 1.29 is 75.8 Å². The van der Waals surface area contributed by atoms with Crippen LogP contribution in [0, 0.1) is 0 Å². The Morgan fingerprint density at radius 2 is 0.582 bits per heavy atom. The largest absolute Gasteiger partial charge is 0.472 e.